The number of aryl methyl sites for hydroxylation is 3. The maximum Gasteiger partial charge on any atom is 0.354 e. The molecule has 0 bridgehead atoms. The second kappa shape index (κ2) is 5.84. The molecule has 0 saturated heterocycles. The number of nitrogens with one attached hydrogen (secondary N) is 1. The molecular weight excluding hydrogens is 388 g/mol. The molecule has 1 aromatic heterocycles. The monoisotopic (exact) mass is 407 g/mol. The summed E-state index contributed by atoms with van der Waals surface area (Å²) in [5.41, 5.74) is 4.76. The Hall–Kier alpha value is -2.33. The molecule has 10 heteroatoms. The zero-order valence-electron chi connectivity index (χ0n) is 15.0. The number of halogens is 2. The first kappa shape index (κ1) is 17.7. The van der Waals surface area contributed by atoms with E-state index in [0.29, 0.717) is 0 Å². The van der Waals surface area contributed by atoms with Gasteiger partial charge in [-0.3, -0.25) is 4.68 Å². The molecule has 1 aliphatic heterocycles. The maximum atomic E-state index is 14.3. The highest BCUT2D eigenvalue weighted by molar-refractivity contribution is 7.91. The van der Waals surface area contributed by atoms with Crippen LogP contribution in [0.4, 0.5) is 19.3 Å². The third-order valence-corrected chi connectivity index (χ3v) is 7.16. The van der Waals surface area contributed by atoms with Gasteiger partial charge in [0, 0.05) is 18.7 Å². The molecule has 3 aliphatic rings. The molecule has 1 aromatic carbocycles. The normalized spacial score (nSPS) is 20.5. The number of hydrogen-bond acceptors (Lipinski definition) is 3. The number of carbonyl (C=O) groups excluding carboxylic acids is 1. The minimum Gasteiger partial charge on any atom is -0.305 e. The smallest absolute Gasteiger partial charge is 0.305 e. The molecule has 0 radical (unpaired) electrons. The van der Waals surface area contributed by atoms with E-state index in [4.69, 9.17) is 5.14 Å². The topological polar surface area (TPSA) is 102 Å². The predicted molar refractivity (Wildman–Crippen MR) is 98.7 cm³/mol. The van der Waals surface area contributed by atoms with E-state index in [-0.39, 0.29) is 24.3 Å². The van der Waals surface area contributed by atoms with Crippen LogP contribution in [0, 0.1) is 0 Å². The second-order valence-corrected chi connectivity index (χ2v) is 9.27. The Morgan fingerprint density at radius 3 is 2.54 bits per heavy atom. The lowest BCUT2D eigenvalue weighted by Crippen LogP contribution is -2.29. The second-order valence-electron chi connectivity index (χ2n) is 7.51. The van der Waals surface area contributed by atoms with Crippen molar-refractivity contribution in [2.75, 3.05) is 5.32 Å². The van der Waals surface area contributed by atoms with Crippen molar-refractivity contribution in [1.29, 1.82) is 0 Å². The van der Waals surface area contributed by atoms with Crippen molar-refractivity contribution in [2.24, 2.45) is 9.50 Å². The Balaban J connectivity index is 1.50. The van der Waals surface area contributed by atoms with Crippen molar-refractivity contribution < 1.29 is 17.8 Å². The number of alkyl halides is 2. The van der Waals surface area contributed by atoms with Gasteiger partial charge in [0.15, 0.2) is 0 Å². The molecule has 1 atom stereocenters. The van der Waals surface area contributed by atoms with E-state index >= 15 is 0 Å². The average Bonchev–Trinajstić information content (AvgIpc) is 2.97. The molecular formula is C18H19F2N5O2S. The summed E-state index contributed by atoms with van der Waals surface area (Å²) in [5.74, 6) is -3.21. The van der Waals surface area contributed by atoms with Gasteiger partial charge in [0.2, 0.25) is 0 Å². The van der Waals surface area contributed by atoms with Crippen molar-refractivity contribution in [3.05, 3.63) is 40.2 Å². The van der Waals surface area contributed by atoms with Gasteiger partial charge in [0.05, 0.1) is 6.20 Å². The van der Waals surface area contributed by atoms with Gasteiger partial charge in [0.25, 0.3) is 5.92 Å². The van der Waals surface area contributed by atoms with Gasteiger partial charge < -0.3 is 5.32 Å². The van der Waals surface area contributed by atoms with E-state index in [1.807, 2.05) is 0 Å². The first-order valence-corrected chi connectivity index (χ1v) is 10.8. The fourth-order valence-electron chi connectivity index (χ4n) is 4.21. The largest absolute Gasteiger partial charge is 0.354 e. The van der Waals surface area contributed by atoms with E-state index in [2.05, 4.69) is 20.8 Å². The molecule has 7 nitrogen and oxygen atoms in total. The van der Waals surface area contributed by atoms with Crippen LogP contribution >= 0.6 is 0 Å². The van der Waals surface area contributed by atoms with E-state index in [0.717, 1.165) is 53.4 Å². The number of amides is 2. The molecule has 2 aromatic rings. The zero-order chi connectivity index (χ0) is 19.7. The van der Waals surface area contributed by atoms with Gasteiger partial charge in [-0.15, -0.1) is 4.36 Å². The summed E-state index contributed by atoms with van der Waals surface area (Å²) in [6, 6.07) is 1.28. The van der Waals surface area contributed by atoms with Gasteiger partial charge in [-0.05, 0) is 54.4 Å². The summed E-state index contributed by atoms with van der Waals surface area (Å²) in [4.78, 5) is 12.1. The van der Waals surface area contributed by atoms with Gasteiger partial charge >= 0.3 is 6.03 Å². The Bertz CT molecular complexity index is 1120. The van der Waals surface area contributed by atoms with Crippen LogP contribution in [0.3, 0.4) is 0 Å². The number of fused-ring (bicyclic) bond motifs is 3. The standard InChI is InChI=1S/C18H19F2N5O2S/c19-18(20)6-1-7-25-16(18)14(9-22-25)28(21,27)24-17(26)23-15-12-4-2-10(12)8-11-3-5-13(11)15/h8-9H,1-7H2,(H3,21,23,24,26,27). The number of benzene rings is 1. The number of nitrogens with zero attached hydrogens (tertiary/aromatic N) is 3. The Morgan fingerprint density at radius 1 is 1.25 bits per heavy atom. The predicted octanol–water partition coefficient (Wildman–Crippen LogP) is 2.90. The number of anilines is 1. The molecule has 2 aliphatic carbocycles. The summed E-state index contributed by atoms with van der Waals surface area (Å²) in [5, 5.41) is 12.3. The quantitative estimate of drug-likeness (QED) is 0.800. The first-order valence-electron chi connectivity index (χ1n) is 9.23. The van der Waals surface area contributed by atoms with Crippen LogP contribution in [0.2, 0.25) is 0 Å². The number of nitrogens with two attached hydrogens (primary N) is 1. The SMILES string of the molecule is NS(=O)(=NC(=O)Nc1c2c(cc3c1CC3)CC2)c1cnn2c1C(F)(F)CCC2. The summed E-state index contributed by atoms with van der Waals surface area (Å²) in [6.45, 7) is 0.287. The molecule has 148 valence electrons. The lowest BCUT2D eigenvalue weighted by molar-refractivity contribution is -0.0393. The first-order chi connectivity index (χ1) is 13.3. The van der Waals surface area contributed by atoms with Crippen LogP contribution < -0.4 is 10.5 Å². The summed E-state index contributed by atoms with van der Waals surface area (Å²) < 4.78 is 46.2. The van der Waals surface area contributed by atoms with Crippen molar-refractivity contribution >= 4 is 21.6 Å². The number of urea groups is 1. The van der Waals surface area contributed by atoms with Crippen LogP contribution in [0.25, 0.3) is 0 Å². The number of rotatable bonds is 2. The lowest BCUT2D eigenvalue weighted by Gasteiger charge is -2.31. The van der Waals surface area contributed by atoms with Crippen LogP contribution in [0.1, 0.15) is 40.8 Å². The van der Waals surface area contributed by atoms with E-state index in [9.17, 15) is 17.8 Å². The van der Waals surface area contributed by atoms with Gasteiger partial charge in [-0.1, -0.05) is 6.07 Å². The Kier molecular flexibility index (Phi) is 3.70. The number of carbonyl (C=O) groups is 1. The van der Waals surface area contributed by atoms with Crippen molar-refractivity contribution in [3.63, 3.8) is 0 Å². The van der Waals surface area contributed by atoms with Crippen LogP contribution in [0.15, 0.2) is 21.5 Å². The fraction of sp³-hybridized carbons (Fsp3) is 0.444. The highest BCUT2D eigenvalue weighted by Gasteiger charge is 2.42. The van der Waals surface area contributed by atoms with Crippen LogP contribution in [0.5, 0.6) is 0 Å². The third-order valence-electron chi connectivity index (χ3n) is 5.79. The third kappa shape index (κ3) is 2.58. The minimum atomic E-state index is -3.86. The van der Waals surface area contributed by atoms with Crippen LogP contribution in [-0.2, 0) is 48.1 Å². The summed E-state index contributed by atoms with van der Waals surface area (Å²) >= 11 is 0. The fourth-order valence-corrected chi connectivity index (χ4v) is 5.33. The lowest BCUT2D eigenvalue weighted by atomic mass is 9.76. The van der Waals surface area contributed by atoms with Gasteiger partial charge in [-0.2, -0.15) is 13.9 Å². The number of hydrogen-bond donors (Lipinski definition) is 2. The maximum absolute atomic E-state index is 14.3. The molecule has 0 spiro atoms. The molecule has 3 N–H and O–H groups in total. The summed E-state index contributed by atoms with van der Waals surface area (Å²) in [6.07, 6.45) is 4.57. The summed E-state index contributed by atoms with van der Waals surface area (Å²) in [7, 11) is -3.86. The molecule has 0 saturated carbocycles. The molecule has 0 fully saturated rings. The highest BCUT2D eigenvalue weighted by atomic mass is 32.2. The average molecular weight is 407 g/mol. The van der Waals surface area contributed by atoms with Crippen LogP contribution in [-0.4, -0.2) is 20.0 Å². The van der Waals surface area contributed by atoms with Gasteiger partial charge in [-0.25, -0.2) is 14.1 Å². The molecule has 1 unspecified atom stereocenters. The molecule has 2 amide bonds. The van der Waals surface area contributed by atoms with Crippen molar-refractivity contribution in [3.8, 4) is 0 Å². The minimum absolute atomic E-state index is 0.259. The van der Waals surface area contributed by atoms with E-state index < -0.39 is 27.6 Å². The molecule has 5 rings (SSSR count). The highest BCUT2D eigenvalue weighted by Crippen LogP contribution is 2.41. The van der Waals surface area contributed by atoms with E-state index in [1.54, 1.807) is 0 Å². The van der Waals surface area contributed by atoms with Crippen molar-refractivity contribution in [2.45, 2.75) is 55.9 Å². The van der Waals surface area contributed by atoms with Gasteiger partial charge in [0.1, 0.15) is 20.5 Å². The zero-order valence-corrected chi connectivity index (χ0v) is 15.8. The van der Waals surface area contributed by atoms with Crippen molar-refractivity contribution in [1.82, 2.24) is 9.78 Å². The number of aromatic nitrogens is 2. The Morgan fingerprint density at radius 2 is 1.93 bits per heavy atom. The molecule has 2 heterocycles. The van der Waals surface area contributed by atoms with E-state index in [1.165, 1.54) is 11.1 Å². The Labute approximate surface area is 160 Å². The molecule has 28 heavy (non-hydrogen) atoms.